The Morgan fingerprint density at radius 3 is 2.90 bits per heavy atom. The first-order valence-corrected chi connectivity index (χ1v) is 6.74. The molecule has 5 nitrogen and oxygen atoms in total. The van der Waals surface area contributed by atoms with E-state index in [9.17, 15) is 13.6 Å². The van der Waals surface area contributed by atoms with Gasteiger partial charge in [-0.3, -0.25) is 4.79 Å². The summed E-state index contributed by atoms with van der Waals surface area (Å²) in [5, 5.41) is 5.81. The highest BCUT2D eigenvalue weighted by Crippen LogP contribution is 2.26. The maximum absolute atomic E-state index is 12.4. The first kappa shape index (κ1) is 15.7. The first-order chi connectivity index (χ1) is 10.1. The zero-order valence-electron chi connectivity index (χ0n) is 11.6. The van der Waals surface area contributed by atoms with E-state index in [1.165, 1.54) is 6.07 Å². The number of hydrogen-bond acceptors (Lipinski definition) is 4. The van der Waals surface area contributed by atoms with Crippen molar-refractivity contribution in [3.05, 3.63) is 29.8 Å². The summed E-state index contributed by atoms with van der Waals surface area (Å²) in [5.41, 5.74) is 0.495. The number of rotatable bonds is 5. The Bertz CT molecular complexity index is 479. The van der Waals surface area contributed by atoms with Crippen LogP contribution in [0.1, 0.15) is 18.5 Å². The molecule has 0 spiro atoms. The molecule has 0 saturated carbocycles. The number of para-hydroxylation sites is 1. The lowest BCUT2D eigenvalue weighted by Crippen LogP contribution is -2.48. The van der Waals surface area contributed by atoms with Gasteiger partial charge in [0.2, 0.25) is 0 Å². The van der Waals surface area contributed by atoms with E-state index in [-0.39, 0.29) is 11.7 Å². The third kappa shape index (κ3) is 4.37. The minimum absolute atomic E-state index is 0.0583. The minimum atomic E-state index is -2.90. The second kappa shape index (κ2) is 7.33. The number of benzene rings is 1. The van der Waals surface area contributed by atoms with Crippen molar-refractivity contribution >= 4 is 5.91 Å². The van der Waals surface area contributed by atoms with Crippen LogP contribution in [0.3, 0.4) is 0 Å². The van der Waals surface area contributed by atoms with Crippen molar-refractivity contribution in [2.24, 2.45) is 0 Å². The van der Waals surface area contributed by atoms with E-state index in [1.807, 2.05) is 0 Å². The number of carbonyl (C=O) groups excluding carboxylic acids is 1. The van der Waals surface area contributed by atoms with Gasteiger partial charge < -0.3 is 20.1 Å². The van der Waals surface area contributed by atoms with E-state index in [0.29, 0.717) is 25.3 Å². The average molecular weight is 300 g/mol. The van der Waals surface area contributed by atoms with Gasteiger partial charge in [0.15, 0.2) is 0 Å². The predicted octanol–water partition coefficient (Wildman–Crippen LogP) is 1.45. The molecular weight excluding hydrogens is 282 g/mol. The molecule has 2 N–H and O–H groups in total. The molecule has 1 aliphatic rings. The molecule has 2 unspecified atom stereocenters. The number of carbonyl (C=O) groups is 1. The van der Waals surface area contributed by atoms with Crippen LogP contribution in [0.2, 0.25) is 0 Å². The van der Waals surface area contributed by atoms with Crippen LogP contribution in [0.4, 0.5) is 8.78 Å². The van der Waals surface area contributed by atoms with Gasteiger partial charge in [-0.15, -0.1) is 0 Å². The summed E-state index contributed by atoms with van der Waals surface area (Å²) >= 11 is 0. The zero-order valence-corrected chi connectivity index (χ0v) is 11.6. The van der Waals surface area contributed by atoms with Crippen molar-refractivity contribution < 1.29 is 23.0 Å². The van der Waals surface area contributed by atoms with Crippen LogP contribution >= 0.6 is 0 Å². The number of morpholine rings is 1. The Labute approximate surface area is 121 Å². The van der Waals surface area contributed by atoms with E-state index >= 15 is 0 Å². The topological polar surface area (TPSA) is 59.6 Å². The quantitative estimate of drug-likeness (QED) is 0.864. The molecule has 1 saturated heterocycles. The largest absolute Gasteiger partial charge is 0.434 e. The molecule has 1 heterocycles. The van der Waals surface area contributed by atoms with Crippen LogP contribution in [0.25, 0.3) is 0 Å². The molecule has 1 aromatic carbocycles. The molecule has 2 rings (SSSR count). The molecule has 0 bridgehead atoms. The van der Waals surface area contributed by atoms with Gasteiger partial charge in [-0.2, -0.15) is 8.78 Å². The summed E-state index contributed by atoms with van der Waals surface area (Å²) in [6, 6.07) is 5.93. The smallest absolute Gasteiger partial charge is 0.387 e. The average Bonchev–Trinajstić information content (AvgIpc) is 2.48. The van der Waals surface area contributed by atoms with E-state index in [1.54, 1.807) is 25.1 Å². The predicted molar refractivity (Wildman–Crippen MR) is 72.2 cm³/mol. The summed E-state index contributed by atoms with van der Waals surface area (Å²) in [6.07, 6.45) is -0.565. The van der Waals surface area contributed by atoms with Crippen molar-refractivity contribution in [3.63, 3.8) is 0 Å². The third-order valence-corrected chi connectivity index (χ3v) is 3.18. The van der Waals surface area contributed by atoms with Gasteiger partial charge in [0.05, 0.1) is 12.6 Å². The van der Waals surface area contributed by atoms with Gasteiger partial charge in [0.25, 0.3) is 5.91 Å². The fraction of sp³-hybridized carbons (Fsp3) is 0.500. The van der Waals surface area contributed by atoms with Crippen LogP contribution in [0.5, 0.6) is 5.75 Å². The molecule has 7 heteroatoms. The van der Waals surface area contributed by atoms with Gasteiger partial charge >= 0.3 is 6.61 Å². The Morgan fingerprint density at radius 2 is 2.24 bits per heavy atom. The molecule has 21 heavy (non-hydrogen) atoms. The summed E-state index contributed by atoms with van der Waals surface area (Å²) in [5.74, 6) is -0.218. The number of ether oxygens (including phenoxy) is 2. The number of hydrogen-bond donors (Lipinski definition) is 2. The zero-order chi connectivity index (χ0) is 15.2. The third-order valence-electron chi connectivity index (χ3n) is 3.18. The van der Waals surface area contributed by atoms with Gasteiger partial charge in [-0.25, -0.2) is 0 Å². The maximum Gasteiger partial charge on any atom is 0.387 e. The van der Waals surface area contributed by atoms with E-state index < -0.39 is 18.8 Å². The second-order valence-corrected chi connectivity index (χ2v) is 4.71. The van der Waals surface area contributed by atoms with Gasteiger partial charge in [-0.1, -0.05) is 18.2 Å². The normalized spacial score (nSPS) is 20.1. The van der Waals surface area contributed by atoms with Crippen LogP contribution in [0, 0.1) is 0 Å². The highest BCUT2D eigenvalue weighted by molar-refractivity contribution is 5.81. The fourth-order valence-corrected chi connectivity index (χ4v) is 2.16. The van der Waals surface area contributed by atoms with Gasteiger partial charge in [0.1, 0.15) is 11.9 Å². The van der Waals surface area contributed by atoms with Crippen molar-refractivity contribution in [3.8, 4) is 5.75 Å². The minimum Gasteiger partial charge on any atom is -0.434 e. The first-order valence-electron chi connectivity index (χ1n) is 6.74. The molecule has 116 valence electrons. The molecule has 0 aromatic heterocycles. The molecule has 0 aliphatic carbocycles. The van der Waals surface area contributed by atoms with Gasteiger partial charge in [0, 0.05) is 18.7 Å². The molecule has 1 aromatic rings. The van der Waals surface area contributed by atoms with Crippen LogP contribution < -0.4 is 15.4 Å². The molecule has 0 radical (unpaired) electrons. The molecule has 1 aliphatic heterocycles. The second-order valence-electron chi connectivity index (χ2n) is 4.71. The lowest BCUT2D eigenvalue weighted by molar-refractivity contribution is -0.134. The lowest BCUT2D eigenvalue weighted by atomic mass is 10.1. The molecule has 1 fully saturated rings. The Balaban J connectivity index is 2.02. The fourth-order valence-electron chi connectivity index (χ4n) is 2.16. The Hall–Kier alpha value is -1.73. The van der Waals surface area contributed by atoms with Crippen molar-refractivity contribution in [2.45, 2.75) is 25.7 Å². The Kier molecular flexibility index (Phi) is 5.46. The van der Waals surface area contributed by atoms with Crippen molar-refractivity contribution in [1.29, 1.82) is 0 Å². The standard InChI is InChI=1S/C14H18F2N2O3/c1-9(18-13(19)12-8-17-6-7-20-12)10-4-2-3-5-11(10)21-14(15)16/h2-5,9,12,14,17H,6-8H2,1H3,(H,18,19). The molecule has 1 amide bonds. The van der Waals surface area contributed by atoms with Crippen LogP contribution in [-0.4, -0.2) is 38.3 Å². The Morgan fingerprint density at radius 1 is 1.48 bits per heavy atom. The molecular formula is C14H18F2N2O3. The highest BCUT2D eigenvalue weighted by Gasteiger charge is 2.24. The lowest BCUT2D eigenvalue weighted by Gasteiger charge is -2.25. The summed E-state index contributed by atoms with van der Waals surface area (Å²) < 4.78 is 34.6. The van der Waals surface area contributed by atoms with E-state index in [0.717, 1.165) is 0 Å². The summed E-state index contributed by atoms with van der Waals surface area (Å²) in [4.78, 5) is 12.1. The maximum atomic E-state index is 12.4. The summed E-state index contributed by atoms with van der Waals surface area (Å²) in [6.45, 7) is 0.428. The molecule has 2 atom stereocenters. The van der Waals surface area contributed by atoms with E-state index in [4.69, 9.17) is 4.74 Å². The van der Waals surface area contributed by atoms with Crippen LogP contribution in [0.15, 0.2) is 24.3 Å². The van der Waals surface area contributed by atoms with E-state index in [2.05, 4.69) is 15.4 Å². The number of alkyl halides is 2. The number of nitrogens with one attached hydrogen (secondary N) is 2. The number of amides is 1. The highest BCUT2D eigenvalue weighted by atomic mass is 19.3. The number of halogens is 2. The summed E-state index contributed by atoms with van der Waals surface area (Å²) in [7, 11) is 0. The van der Waals surface area contributed by atoms with Gasteiger partial charge in [-0.05, 0) is 13.0 Å². The van der Waals surface area contributed by atoms with Crippen LogP contribution in [-0.2, 0) is 9.53 Å². The van der Waals surface area contributed by atoms with Crippen molar-refractivity contribution in [2.75, 3.05) is 19.7 Å². The monoisotopic (exact) mass is 300 g/mol. The van der Waals surface area contributed by atoms with Crippen molar-refractivity contribution in [1.82, 2.24) is 10.6 Å². The SMILES string of the molecule is CC(NC(=O)C1CNCCO1)c1ccccc1OC(F)F.